The van der Waals surface area contributed by atoms with Crippen molar-refractivity contribution in [3.63, 3.8) is 0 Å². The summed E-state index contributed by atoms with van der Waals surface area (Å²) in [5.74, 6) is 0.562. The molecule has 1 unspecified atom stereocenters. The number of halogens is 1. The van der Waals surface area contributed by atoms with Gasteiger partial charge in [-0.1, -0.05) is 26.8 Å². The molecule has 0 aliphatic carbocycles. The van der Waals surface area contributed by atoms with Crippen LogP contribution >= 0.6 is 0 Å². The van der Waals surface area contributed by atoms with E-state index < -0.39 is 0 Å². The third kappa shape index (κ3) is 7.37. The van der Waals surface area contributed by atoms with Gasteiger partial charge >= 0.3 is 0 Å². The van der Waals surface area contributed by atoms with Gasteiger partial charge in [-0.15, -0.1) is 0 Å². The van der Waals surface area contributed by atoms with Crippen molar-refractivity contribution in [3.8, 4) is 0 Å². The predicted molar refractivity (Wildman–Crippen MR) is 111 cm³/mol. The summed E-state index contributed by atoms with van der Waals surface area (Å²) in [5, 5.41) is 6.69. The van der Waals surface area contributed by atoms with Gasteiger partial charge in [0.2, 0.25) is 0 Å². The molecule has 0 spiro atoms. The summed E-state index contributed by atoms with van der Waals surface area (Å²) >= 11 is 0. The molecule has 1 aliphatic rings. The molecular weight excluding hydrogens is 343 g/mol. The first-order chi connectivity index (χ1) is 12.8. The van der Waals surface area contributed by atoms with Crippen LogP contribution in [0.4, 0.5) is 10.1 Å². The van der Waals surface area contributed by atoms with Crippen LogP contribution in [0.3, 0.4) is 0 Å². The van der Waals surface area contributed by atoms with Gasteiger partial charge in [0.1, 0.15) is 5.82 Å². The maximum absolute atomic E-state index is 14.5. The van der Waals surface area contributed by atoms with Crippen molar-refractivity contribution in [1.29, 1.82) is 0 Å². The predicted octanol–water partition coefficient (Wildman–Crippen LogP) is 3.54. The molecular formula is C21H35FN4O. The Hall–Kier alpha value is -1.82. The molecule has 0 radical (unpaired) electrons. The Morgan fingerprint density at radius 3 is 2.59 bits per heavy atom. The summed E-state index contributed by atoms with van der Waals surface area (Å²) in [5.41, 5.74) is 1.88. The molecule has 0 amide bonds. The standard InChI is InChI=1S/C21H35FN4O/c1-16(8-9-21(2,3)4)25-20(23-5)24-15-17-6-7-19(18(22)14-17)26-10-12-27-13-11-26/h6-7,14,16H,8-13,15H2,1-5H3,(H2,23,24,25). The highest BCUT2D eigenvalue weighted by Gasteiger charge is 2.16. The van der Waals surface area contributed by atoms with Gasteiger partial charge in [0, 0.05) is 32.7 Å². The van der Waals surface area contributed by atoms with E-state index in [-0.39, 0.29) is 5.82 Å². The number of nitrogens with zero attached hydrogens (tertiary/aromatic N) is 2. The Kier molecular flexibility index (Phi) is 7.90. The number of nitrogens with one attached hydrogen (secondary N) is 2. The Labute approximate surface area is 163 Å². The van der Waals surface area contributed by atoms with Crippen molar-refractivity contribution in [3.05, 3.63) is 29.6 Å². The molecule has 1 aliphatic heterocycles. The van der Waals surface area contributed by atoms with E-state index in [1.165, 1.54) is 0 Å². The highest BCUT2D eigenvalue weighted by Crippen LogP contribution is 2.22. The van der Waals surface area contributed by atoms with Crippen LogP contribution in [-0.2, 0) is 11.3 Å². The highest BCUT2D eigenvalue weighted by atomic mass is 19.1. The van der Waals surface area contributed by atoms with Crippen LogP contribution in [0.1, 0.15) is 46.1 Å². The molecule has 2 N–H and O–H groups in total. The summed E-state index contributed by atoms with van der Waals surface area (Å²) in [4.78, 5) is 6.31. The van der Waals surface area contributed by atoms with Crippen LogP contribution < -0.4 is 15.5 Å². The summed E-state index contributed by atoms with van der Waals surface area (Å²) < 4.78 is 19.8. The van der Waals surface area contributed by atoms with Gasteiger partial charge < -0.3 is 20.3 Å². The second-order valence-electron chi connectivity index (χ2n) is 8.46. The van der Waals surface area contributed by atoms with Gasteiger partial charge in [-0.05, 0) is 42.9 Å². The lowest BCUT2D eigenvalue weighted by Crippen LogP contribution is -2.42. The van der Waals surface area contributed by atoms with Crippen molar-refractivity contribution in [2.45, 2.75) is 53.1 Å². The number of benzene rings is 1. The Bertz CT molecular complexity index is 621. The van der Waals surface area contributed by atoms with Crippen molar-refractivity contribution in [2.24, 2.45) is 10.4 Å². The molecule has 152 valence electrons. The molecule has 6 heteroatoms. The number of rotatable bonds is 6. The largest absolute Gasteiger partial charge is 0.378 e. The minimum atomic E-state index is -0.183. The Morgan fingerprint density at radius 2 is 2.00 bits per heavy atom. The molecule has 1 aromatic rings. The van der Waals surface area contributed by atoms with Gasteiger partial charge in [-0.3, -0.25) is 4.99 Å². The second-order valence-corrected chi connectivity index (χ2v) is 8.46. The van der Waals surface area contributed by atoms with Gasteiger partial charge in [0.05, 0.1) is 18.9 Å². The lowest BCUT2D eigenvalue weighted by Gasteiger charge is -2.29. The molecule has 1 fully saturated rings. The topological polar surface area (TPSA) is 48.9 Å². The van der Waals surface area contributed by atoms with E-state index in [1.807, 2.05) is 17.0 Å². The van der Waals surface area contributed by atoms with E-state index in [0.29, 0.717) is 36.9 Å². The molecule has 1 atom stereocenters. The van der Waals surface area contributed by atoms with Gasteiger partial charge in [0.25, 0.3) is 0 Å². The number of hydrogen-bond acceptors (Lipinski definition) is 3. The number of anilines is 1. The fraction of sp³-hybridized carbons (Fsp3) is 0.667. The molecule has 2 rings (SSSR count). The van der Waals surface area contributed by atoms with Gasteiger partial charge in [-0.25, -0.2) is 4.39 Å². The fourth-order valence-corrected chi connectivity index (χ4v) is 3.06. The number of morpholine rings is 1. The van der Waals surface area contributed by atoms with E-state index in [4.69, 9.17) is 4.74 Å². The number of guanidine groups is 1. The van der Waals surface area contributed by atoms with E-state index in [1.54, 1.807) is 13.1 Å². The first kappa shape index (κ1) is 21.5. The molecule has 5 nitrogen and oxygen atoms in total. The van der Waals surface area contributed by atoms with Crippen LogP contribution in [-0.4, -0.2) is 45.4 Å². The molecule has 1 aromatic carbocycles. The SMILES string of the molecule is CN=C(NCc1ccc(N2CCOCC2)c(F)c1)NC(C)CCC(C)(C)C. The van der Waals surface area contributed by atoms with Crippen LogP contribution in [0.25, 0.3) is 0 Å². The first-order valence-corrected chi connectivity index (χ1v) is 9.87. The lowest BCUT2D eigenvalue weighted by atomic mass is 9.89. The van der Waals surface area contributed by atoms with E-state index >= 15 is 0 Å². The van der Waals surface area contributed by atoms with Crippen LogP contribution in [0, 0.1) is 11.2 Å². The fourth-order valence-electron chi connectivity index (χ4n) is 3.06. The molecule has 0 saturated carbocycles. The second kappa shape index (κ2) is 9.93. The van der Waals surface area contributed by atoms with Crippen LogP contribution in [0.15, 0.2) is 23.2 Å². The van der Waals surface area contributed by atoms with Crippen LogP contribution in [0.5, 0.6) is 0 Å². The quantitative estimate of drug-likeness (QED) is 0.587. The number of ether oxygens (including phenoxy) is 1. The summed E-state index contributed by atoms with van der Waals surface area (Å²) in [7, 11) is 1.76. The highest BCUT2D eigenvalue weighted by molar-refractivity contribution is 5.79. The Morgan fingerprint density at radius 1 is 1.30 bits per heavy atom. The molecule has 1 heterocycles. The van der Waals surface area contributed by atoms with Crippen molar-refractivity contribution in [2.75, 3.05) is 38.3 Å². The van der Waals surface area contributed by atoms with Crippen molar-refractivity contribution >= 4 is 11.6 Å². The zero-order valence-electron chi connectivity index (χ0n) is 17.4. The average molecular weight is 379 g/mol. The van der Waals surface area contributed by atoms with E-state index in [2.05, 4.69) is 43.3 Å². The van der Waals surface area contributed by atoms with Crippen molar-refractivity contribution < 1.29 is 9.13 Å². The van der Waals surface area contributed by atoms with Crippen LogP contribution in [0.2, 0.25) is 0 Å². The first-order valence-electron chi connectivity index (χ1n) is 9.87. The monoisotopic (exact) mass is 378 g/mol. The van der Waals surface area contributed by atoms with E-state index in [0.717, 1.165) is 37.5 Å². The normalized spacial score (nSPS) is 17.0. The summed E-state index contributed by atoms with van der Waals surface area (Å²) in [6.07, 6.45) is 2.22. The zero-order chi connectivity index (χ0) is 19.9. The van der Waals surface area contributed by atoms with Crippen molar-refractivity contribution in [1.82, 2.24) is 10.6 Å². The minimum Gasteiger partial charge on any atom is -0.378 e. The minimum absolute atomic E-state index is 0.183. The maximum Gasteiger partial charge on any atom is 0.191 e. The Balaban J connectivity index is 1.86. The molecule has 1 saturated heterocycles. The summed E-state index contributed by atoms with van der Waals surface area (Å²) in [6.45, 7) is 12.2. The van der Waals surface area contributed by atoms with Gasteiger partial charge in [0.15, 0.2) is 5.96 Å². The van der Waals surface area contributed by atoms with E-state index in [9.17, 15) is 4.39 Å². The third-order valence-electron chi connectivity index (χ3n) is 4.76. The maximum atomic E-state index is 14.5. The molecule has 0 bridgehead atoms. The lowest BCUT2D eigenvalue weighted by molar-refractivity contribution is 0.122. The number of aliphatic imine (C=N–C) groups is 1. The summed E-state index contributed by atoms with van der Waals surface area (Å²) in [6, 6.07) is 5.77. The third-order valence-corrected chi connectivity index (χ3v) is 4.76. The molecule has 0 aromatic heterocycles. The average Bonchev–Trinajstić information content (AvgIpc) is 2.63. The zero-order valence-corrected chi connectivity index (χ0v) is 17.4. The molecule has 27 heavy (non-hydrogen) atoms. The smallest absolute Gasteiger partial charge is 0.191 e. The number of hydrogen-bond donors (Lipinski definition) is 2. The van der Waals surface area contributed by atoms with Gasteiger partial charge in [-0.2, -0.15) is 0 Å².